The molecule has 0 aliphatic heterocycles. The molecule has 0 saturated carbocycles. The van der Waals surface area contributed by atoms with Crippen LogP contribution in [0.2, 0.25) is 0 Å². The summed E-state index contributed by atoms with van der Waals surface area (Å²) in [4.78, 5) is 22.7. The third-order valence-corrected chi connectivity index (χ3v) is 5.40. The molecule has 0 aliphatic rings. The van der Waals surface area contributed by atoms with Crippen LogP contribution < -0.4 is 5.73 Å². The van der Waals surface area contributed by atoms with Gasteiger partial charge in [0.25, 0.3) is 5.91 Å². The summed E-state index contributed by atoms with van der Waals surface area (Å²) in [5.74, 6) is -1.22. The van der Waals surface area contributed by atoms with Crippen molar-refractivity contribution in [3.05, 3.63) is 59.3 Å². The Kier molecular flexibility index (Phi) is 5.43. The summed E-state index contributed by atoms with van der Waals surface area (Å²) in [6.07, 6.45) is -2.26. The van der Waals surface area contributed by atoms with Crippen molar-refractivity contribution in [2.75, 3.05) is 5.73 Å². The zero-order chi connectivity index (χ0) is 24.1. The molecular weight excluding hydrogens is 440 g/mol. The maximum Gasteiger partial charge on any atom is 0.417 e. The van der Waals surface area contributed by atoms with Crippen molar-refractivity contribution in [2.45, 2.75) is 32.6 Å². The Balaban J connectivity index is 1.74. The van der Waals surface area contributed by atoms with E-state index in [1.54, 1.807) is 31.8 Å². The number of carbonyl (C=O) groups excluding carboxylic acids is 1. The number of halogens is 4. The molecule has 0 fully saturated rings. The van der Waals surface area contributed by atoms with Gasteiger partial charge in [-0.1, -0.05) is 0 Å². The highest BCUT2D eigenvalue weighted by atomic mass is 19.4. The van der Waals surface area contributed by atoms with Gasteiger partial charge in [0.1, 0.15) is 11.6 Å². The molecule has 4 aromatic rings. The highest BCUT2D eigenvalue weighted by Crippen LogP contribution is 2.31. The molecule has 0 atom stereocenters. The van der Waals surface area contributed by atoms with Gasteiger partial charge in [-0.15, -0.1) is 0 Å². The molecule has 11 heteroatoms. The molecule has 0 spiro atoms. The maximum atomic E-state index is 15.0. The quantitative estimate of drug-likeness (QED) is 0.459. The largest absolute Gasteiger partial charge is 0.417 e. The first kappa shape index (κ1) is 22.4. The second-order valence-electron chi connectivity index (χ2n) is 7.94. The van der Waals surface area contributed by atoms with E-state index in [9.17, 15) is 22.4 Å². The molecule has 0 bridgehead atoms. The van der Waals surface area contributed by atoms with Gasteiger partial charge in [0.15, 0.2) is 0 Å². The molecule has 3 heterocycles. The number of alkyl halides is 3. The minimum Gasteiger partial charge on any atom is -0.383 e. The van der Waals surface area contributed by atoms with Crippen LogP contribution in [-0.4, -0.2) is 36.6 Å². The van der Waals surface area contributed by atoms with E-state index in [0.29, 0.717) is 22.5 Å². The van der Waals surface area contributed by atoms with Crippen LogP contribution in [-0.2, 0) is 19.8 Å². The summed E-state index contributed by atoms with van der Waals surface area (Å²) < 4.78 is 55.0. The molecule has 7 nitrogen and oxygen atoms in total. The van der Waals surface area contributed by atoms with E-state index in [4.69, 9.17) is 5.73 Å². The molecule has 2 N–H and O–H groups in total. The molecule has 3 aromatic heterocycles. The van der Waals surface area contributed by atoms with E-state index in [2.05, 4.69) is 15.1 Å². The number of rotatable bonds is 4. The summed E-state index contributed by atoms with van der Waals surface area (Å²) >= 11 is 0. The third-order valence-electron chi connectivity index (χ3n) is 5.40. The fraction of sp³-hybridized carbons (Fsp3) is 0.273. The number of nitrogen functional groups attached to an aromatic ring is 1. The number of nitrogens with two attached hydrogens (primary N) is 1. The van der Waals surface area contributed by atoms with Gasteiger partial charge in [-0.25, -0.2) is 9.37 Å². The number of fused-ring (bicyclic) bond motifs is 3. The molecular formula is C22H20F4N6O. The highest BCUT2D eigenvalue weighted by molar-refractivity contribution is 6.10. The van der Waals surface area contributed by atoms with Crippen LogP contribution in [0, 0.1) is 5.82 Å². The lowest BCUT2D eigenvalue weighted by atomic mass is 10.1. The average molecular weight is 460 g/mol. The number of benzene rings is 1. The molecule has 1 amide bonds. The molecule has 33 heavy (non-hydrogen) atoms. The number of hydrogen-bond acceptors (Lipinski definition) is 5. The summed E-state index contributed by atoms with van der Waals surface area (Å²) in [7, 11) is 1.70. The number of hydrogen-bond donors (Lipinski definition) is 1. The molecule has 172 valence electrons. The van der Waals surface area contributed by atoms with Gasteiger partial charge < -0.3 is 10.6 Å². The van der Waals surface area contributed by atoms with Gasteiger partial charge in [0, 0.05) is 30.7 Å². The molecule has 0 aliphatic carbocycles. The normalized spacial score (nSPS) is 12.1. The van der Waals surface area contributed by atoms with E-state index < -0.39 is 23.5 Å². The minimum absolute atomic E-state index is 0.0901. The van der Waals surface area contributed by atoms with Gasteiger partial charge in [-0.05, 0) is 32.0 Å². The molecule has 1 aromatic carbocycles. The van der Waals surface area contributed by atoms with Gasteiger partial charge in [-0.3, -0.25) is 14.5 Å². The number of aryl methyl sites for hydroxylation is 1. The number of carbonyl (C=O) groups is 1. The molecule has 0 saturated heterocycles. The number of anilines is 1. The Morgan fingerprint density at radius 3 is 2.52 bits per heavy atom. The Bertz CT molecular complexity index is 1360. The van der Waals surface area contributed by atoms with Crippen molar-refractivity contribution in [3.8, 4) is 0 Å². The summed E-state index contributed by atoms with van der Waals surface area (Å²) in [5.41, 5.74) is 6.00. The standard InChI is InChI=1S/C22H20F4N6O/c1-11(2)32(10-13-5-4-12(8-28-13)22(24,25)26)21(33)14-6-15-18(7-17(14)23)30-20(27)16-9-29-31(3)19(15)16/h4-9,11H,10H2,1-3H3,(H2,27,30). The summed E-state index contributed by atoms with van der Waals surface area (Å²) in [6, 6.07) is 4.27. The first-order valence-electron chi connectivity index (χ1n) is 10.0. The van der Waals surface area contributed by atoms with Crippen LogP contribution in [0.5, 0.6) is 0 Å². The first-order valence-corrected chi connectivity index (χ1v) is 10.0. The van der Waals surface area contributed by atoms with Gasteiger partial charge in [-0.2, -0.15) is 18.3 Å². The Morgan fingerprint density at radius 2 is 1.91 bits per heavy atom. The minimum atomic E-state index is -4.51. The van der Waals surface area contributed by atoms with Crippen molar-refractivity contribution in [1.29, 1.82) is 0 Å². The van der Waals surface area contributed by atoms with Gasteiger partial charge in [0.05, 0.1) is 46.0 Å². The highest BCUT2D eigenvalue weighted by Gasteiger charge is 2.31. The van der Waals surface area contributed by atoms with E-state index in [-0.39, 0.29) is 35.2 Å². The molecule has 0 radical (unpaired) electrons. The topological polar surface area (TPSA) is 89.9 Å². The van der Waals surface area contributed by atoms with Crippen LogP contribution in [0.15, 0.2) is 36.7 Å². The van der Waals surface area contributed by atoms with Gasteiger partial charge >= 0.3 is 6.18 Å². The van der Waals surface area contributed by atoms with Crippen molar-refractivity contribution in [2.24, 2.45) is 7.05 Å². The van der Waals surface area contributed by atoms with Crippen molar-refractivity contribution >= 4 is 33.5 Å². The SMILES string of the molecule is CC(C)N(Cc1ccc(C(F)(F)F)cn1)C(=O)c1cc2c(cc1F)nc(N)c1cnn(C)c12. The van der Waals surface area contributed by atoms with Crippen LogP contribution in [0.4, 0.5) is 23.4 Å². The lowest BCUT2D eigenvalue weighted by Gasteiger charge is -2.27. The fourth-order valence-electron chi connectivity index (χ4n) is 3.65. The number of nitrogens with zero attached hydrogens (tertiary/aromatic N) is 5. The van der Waals surface area contributed by atoms with Crippen LogP contribution in [0.1, 0.15) is 35.5 Å². The van der Waals surface area contributed by atoms with E-state index in [1.807, 2.05) is 0 Å². The van der Waals surface area contributed by atoms with E-state index in [1.165, 1.54) is 17.0 Å². The summed E-state index contributed by atoms with van der Waals surface area (Å²) in [5, 5.41) is 5.24. The van der Waals surface area contributed by atoms with Crippen LogP contribution in [0.3, 0.4) is 0 Å². The number of aromatic nitrogens is 4. The second-order valence-corrected chi connectivity index (χ2v) is 7.94. The van der Waals surface area contributed by atoms with Crippen molar-refractivity contribution in [1.82, 2.24) is 24.6 Å². The first-order chi connectivity index (χ1) is 15.5. The fourth-order valence-corrected chi connectivity index (χ4v) is 3.65. The van der Waals surface area contributed by atoms with Crippen molar-refractivity contribution < 1.29 is 22.4 Å². The zero-order valence-corrected chi connectivity index (χ0v) is 18.0. The molecule has 0 unspecified atom stereocenters. The van der Waals surface area contributed by atoms with Crippen LogP contribution >= 0.6 is 0 Å². The third kappa shape index (κ3) is 4.06. The summed E-state index contributed by atoms with van der Waals surface area (Å²) in [6.45, 7) is 3.36. The van der Waals surface area contributed by atoms with E-state index in [0.717, 1.165) is 12.1 Å². The molecule has 4 rings (SSSR count). The maximum absolute atomic E-state index is 15.0. The Labute approximate surface area is 185 Å². The Morgan fingerprint density at radius 1 is 1.18 bits per heavy atom. The predicted molar refractivity (Wildman–Crippen MR) is 115 cm³/mol. The number of amides is 1. The monoisotopic (exact) mass is 460 g/mol. The van der Waals surface area contributed by atoms with E-state index >= 15 is 0 Å². The Hall–Kier alpha value is -3.76. The lowest BCUT2D eigenvalue weighted by molar-refractivity contribution is -0.137. The number of pyridine rings is 2. The zero-order valence-electron chi connectivity index (χ0n) is 18.0. The second kappa shape index (κ2) is 7.98. The van der Waals surface area contributed by atoms with Gasteiger partial charge in [0.2, 0.25) is 0 Å². The average Bonchev–Trinajstić information content (AvgIpc) is 3.13. The smallest absolute Gasteiger partial charge is 0.383 e. The predicted octanol–water partition coefficient (Wildman–Crippen LogP) is 4.31. The van der Waals surface area contributed by atoms with Crippen molar-refractivity contribution in [3.63, 3.8) is 0 Å². The van der Waals surface area contributed by atoms with Crippen LogP contribution in [0.25, 0.3) is 21.8 Å². The lowest BCUT2D eigenvalue weighted by Crippen LogP contribution is -2.37.